The molecule has 0 radical (unpaired) electrons. The molecule has 1 spiro atoms. The Kier molecular flexibility index (Phi) is 7.96. The minimum absolute atomic E-state index is 0. The molecule has 5 nitrogen and oxygen atoms in total. The van der Waals surface area contributed by atoms with Gasteiger partial charge in [0.2, 0.25) is 0 Å². The Morgan fingerprint density at radius 2 is 1.71 bits per heavy atom. The highest BCUT2D eigenvalue weighted by Gasteiger charge is 2.40. The van der Waals surface area contributed by atoms with Crippen LogP contribution in [0.15, 0.2) is 4.99 Å². The Morgan fingerprint density at radius 1 is 1.08 bits per heavy atom. The molecule has 140 valence electrons. The fourth-order valence-electron chi connectivity index (χ4n) is 4.10. The van der Waals surface area contributed by atoms with Gasteiger partial charge in [-0.25, -0.2) is 0 Å². The van der Waals surface area contributed by atoms with Gasteiger partial charge in [-0.3, -0.25) is 4.99 Å². The van der Waals surface area contributed by atoms with Crippen LogP contribution < -0.4 is 5.32 Å². The second-order valence-electron chi connectivity index (χ2n) is 7.18. The number of ether oxygens (including phenoxy) is 2. The number of hydrogen-bond acceptors (Lipinski definition) is 4. The van der Waals surface area contributed by atoms with Crippen molar-refractivity contribution in [2.75, 3.05) is 59.4 Å². The van der Waals surface area contributed by atoms with E-state index in [1.165, 1.54) is 19.3 Å². The van der Waals surface area contributed by atoms with Crippen molar-refractivity contribution in [3.63, 3.8) is 0 Å². The second-order valence-corrected chi connectivity index (χ2v) is 8.46. The van der Waals surface area contributed by atoms with Crippen LogP contribution >= 0.6 is 35.7 Å². The van der Waals surface area contributed by atoms with E-state index in [1.54, 1.807) is 0 Å². The maximum atomic E-state index is 5.55. The highest BCUT2D eigenvalue weighted by molar-refractivity contribution is 14.0. The summed E-state index contributed by atoms with van der Waals surface area (Å²) < 4.78 is 11.4. The molecule has 3 heterocycles. The maximum absolute atomic E-state index is 5.55. The molecule has 0 atom stereocenters. The first-order chi connectivity index (χ1) is 11.2. The number of guanidine groups is 1. The number of nitrogens with zero attached hydrogens (tertiary/aromatic N) is 2. The first-order valence-corrected chi connectivity index (χ1v) is 10.1. The van der Waals surface area contributed by atoms with Gasteiger partial charge in [-0.15, -0.1) is 24.0 Å². The number of nitrogens with one attached hydrogen (secondary N) is 1. The Hall–Kier alpha value is 0.270. The number of hydrogen-bond donors (Lipinski definition) is 1. The molecule has 0 bridgehead atoms. The average Bonchev–Trinajstić information content (AvgIpc) is 3.00. The van der Waals surface area contributed by atoms with Crippen LogP contribution in [0.25, 0.3) is 0 Å². The molecule has 3 fully saturated rings. The zero-order valence-electron chi connectivity index (χ0n) is 15.0. The van der Waals surface area contributed by atoms with Crippen molar-refractivity contribution >= 4 is 41.7 Å². The average molecular weight is 469 g/mol. The summed E-state index contributed by atoms with van der Waals surface area (Å²) in [5.41, 5.74) is 0.464. The molecule has 3 rings (SSSR count). The summed E-state index contributed by atoms with van der Waals surface area (Å²) in [6, 6.07) is 0. The molecule has 1 N–H and O–H groups in total. The third-order valence-electron chi connectivity index (χ3n) is 5.91. The zero-order valence-corrected chi connectivity index (χ0v) is 18.2. The van der Waals surface area contributed by atoms with Gasteiger partial charge in [-0.05, 0) is 43.8 Å². The first kappa shape index (κ1) is 20.6. The molecule has 7 heteroatoms. The molecule has 0 amide bonds. The Bertz CT molecular complexity index is 424. The van der Waals surface area contributed by atoms with Crippen LogP contribution in [0.5, 0.6) is 0 Å². The molecule has 0 aromatic rings. The minimum Gasteiger partial charge on any atom is -0.381 e. The maximum Gasteiger partial charge on any atom is 0.193 e. The van der Waals surface area contributed by atoms with Gasteiger partial charge in [0, 0.05) is 57.9 Å². The van der Waals surface area contributed by atoms with E-state index < -0.39 is 0 Å². The van der Waals surface area contributed by atoms with Crippen molar-refractivity contribution < 1.29 is 9.47 Å². The normalized spacial score (nSPS) is 26.2. The van der Waals surface area contributed by atoms with E-state index in [0.29, 0.717) is 10.2 Å². The van der Waals surface area contributed by atoms with Gasteiger partial charge in [0.05, 0.1) is 0 Å². The van der Waals surface area contributed by atoms with E-state index >= 15 is 0 Å². The molecule has 0 aromatic heterocycles. The van der Waals surface area contributed by atoms with E-state index in [4.69, 9.17) is 9.47 Å². The third kappa shape index (κ3) is 4.71. The van der Waals surface area contributed by atoms with Crippen LogP contribution in [-0.2, 0) is 9.47 Å². The number of halogens is 1. The van der Waals surface area contributed by atoms with Crippen molar-refractivity contribution in [1.29, 1.82) is 0 Å². The lowest BCUT2D eigenvalue weighted by Gasteiger charge is -2.37. The molecule has 3 aliphatic heterocycles. The molecule has 0 unspecified atom stereocenters. The number of aliphatic imine (C=N–C) groups is 1. The first-order valence-electron chi connectivity index (χ1n) is 8.87. The van der Waals surface area contributed by atoms with E-state index in [1.807, 2.05) is 18.8 Å². The Balaban J connectivity index is 0.00000208. The van der Waals surface area contributed by atoms with Crippen molar-refractivity contribution in [3.05, 3.63) is 0 Å². The van der Waals surface area contributed by atoms with Crippen molar-refractivity contribution in [3.8, 4) is 0 Å². The summed E-state index contributed by atoms with van der Waals surface area (Å²) in [6.07, 6.45) is 8.15. The van der Waals surface area contributed by atoms with Gasteiger partial charge >= 0.3 is 0 Å². The third-order valence-corrected chi connectivity index (χ3v) is 7.33. The fourth-order valence-corrected chi connectivity index (χ4v) is 4.89. The number of likely N-dealkylation sites (tertiary alicyclic amines) is 1. The van der Waals surface area contributed by atoms with Gasteiger partial charge in [-0.2, -0.15) is 11.8 Å². The van der Waals surface area contributed by atoms with E-state index in [9.17, 15) is 0 Å². The summed E-state index contributed by atoms with van der Waals surface area (Å²) in [7, 11) is 1.91. The highest BCUT2D eigenvalue weighted by atomic mass is 127. The largest absolute Gasteiger partial charge is 0.381 e. The zero-order chi connectivity index (χ0) is 16.2. The van der Waals surface area contributed by atoms with E-state index in [-0.39, 0.29) is 24.0 Å². The summed E-state index contributed by atoms with van der Waals surface area (Å²) in [5.74, 6) is 1.08. The van der Waals surface area contributed by atoms with Gasteiger partial charge in [0.1, 0.15) is 0 Å². The Labute approximate surface area is 167 Å². The Morgan fingerprint density at radius 3 is 2.29 bits per heavy atom. The van der Waals surface area contributed by atoms with Crippen LogP contribution in [0.4, 0.5) is 0 Å². The van der Waals surface area contributed by atoms with E-state index in [0.717, 1.165) is 64.9 Å². The lowest BCUT2D eigenvalue weighted by Crippen LogP contribution is -2.49. The van der Waals surface area contributed by atoms with Crippen LogP contribution in [0, 0.1) is 5.41 Å². The fraction of sp³-hybridized carbons (Fsp3) is 0.941. The van der Waals surface area contributed by atoms with E-state index in [2.05, 4.69) is 21.5 Å². The molecule has 3 saturated heterocycles. The molecule has 0 aliphatic carbocycles. The van der Waals surface area contributed by atoms with Crippen LogP contribution in [0.1, 0.15) is 32.1 Å². The molecule has 3 aliphatic rings. The SMILES string of the molecule is CN=C(NCC1(SC)CCOCC1)N1CCC2(CCOCC2)C1.I. The molecular weight excluding hydrogens is 437 g/mol. The van der Waals surface area contributed by atoms with Crippen molar-refractivity contribution in [1.82, 2.24) is 10.2 Å². The smallest absolute Gasteiger partial charge is 0.193 e. The molecule has 24 heavy (non-hydrogen) atoms. The van der Waals surface area contributed by atoms with Gasteiger partial charge < -0.3 is 19.7 Å². The minimum atomic E-state index is 0. The summed E-state index contributed by atoms with van der Waals surface area (Å²) in [4.78, 5) is 7.01. The van der Waals surface area contributed by atoms with Gasteiger partial charge in [-0.1, -0.05) is 0 Å². The monoisotopic (exact) mass is 469 g/mol. The predicted molar refractivity (Wildman–Crippen MR) is 112 cm³/mol. The van der Waals surface area contributed by atoms with Crippen LogP contribution in [0.3, 0.4) is 0 Å². The number of rotatable bonds is 3. The lowest BCUT2D eigenvalue weighted by atomic mass is 9.80. The highest BCUT2D eigenvalue weighted by Crippen LogP contribution is 2.39. The molecule has 0 aromatic carbocycles. The molecule has 0 saturated carbocycles. The quantitative estimate of drug-likeness (QED) is 0.391. The van der Waals surface area contributed by atoms with Gasteiger partial charge in [0.15, 0.2) is 5.96 Å². The standard InChI is InChI=1S/C17H31N3O2S.HI/c1-18-15(19-13-17(23-2)6-11-22-12-7-17)20-8-3-16(14-20)4-9-21-10-5-16;/h3-14H2,1-2H3,(H,18,19);1H. The summed E-state index contributed by atoms with van der Waals surface area (Å²) >= 11 is 1.98. The second kappa shape index (κ2) is 9.28. The summed E-state index contributed by atoms with van der Waals surface area (Å²) in [5, 5.41) is 3.66. The topological polar surface area (TPSA) is 46.1 Å². The summed E-state index contributed by atoms with van der Waals surface area (Å²) in [6.45, 7) is 6.85. The molecular formula is C17H32IN3O2S. The van der Waals surface area contributed by atoms with Crippen molar-refractivity contribution in [2.45, 2.75) is 36.9 Å². The predicted octanol–water partition coefficient (Wildman–Crippen LogP) is 2.59. The lowest BCUT2D eigenvalue weighted by molar-refractivity contribution is 0.0217. The number of thioether (sulfide) groups is 1. The van der Waals surface area contributed by atoms with Crippen LogP contribution in [0.2, 0.25) is 0 Å². The van der Waals surface area contributed by atoms with Crippen LogP contribution in [-0.4, -0.2) is 75.0 Å². The van der Waals surface area contributed by atoms with Crippen molar-refractivity contribution in [2.24, 2.45) is 10.4 Å². The van der Waals surface area contributed by atoms with Gasteiger partial charge in [0.25, 0.3) is 0 Å².